The monoisotopic (exact) mass is 345 g/mol. The molecule has 0 radical (unpaired) electrons. The number of hydrogen-bond donors (Lipinski definition) is 1. The molecule has 114 valence electrons. The minimum Gasteiger partial charge on any atom is -0.383 e. The Morgan fingerprint density at radius 2 is 2.05 bits per heavy atom. The van der Waals surface area contributed by atoms with Gasteiger partial charge in [0.2, 0.25) is 0 Å². The van der Waals surface area contributed by atoms with Gasteiger partial charge in [-0.3, -0.25) is 4.68 Å². The molecule has 0 amide bonds. The van der Waals surface area contributed by atoms with Gasteiger partial charge in [0, 0.05) is 22.8 Å². The Labute approximate surface area is 138 Å². The molecule has 0 fully saturated rings. The van der Waals surface area contributed by atoms with Crippen LogP contribution < -0.4 is 5.73 Å². The van der Waals surface area contributed by atoms with Crippen LogP contribution in [0.25, 0.3) is 0 Å². The molecule has 2 N–H and O–H groups in total. The molecule has 0 bridgehead atoms. The van der Waals surface area contributed by atoms with Crippen LogP contribution in [0.1, 0.15) is 11.7 Å². The van der Waals surface area contributed by atoms with Gasteiger partial charge in [-0.05, 0) is 24.3 Å². The molecule has 1 unspecified atom stereocenters. The highest BCUT2D eigenvalue weighted by Crippen LogP contribution is 2.28. The number of aromatic nitrogens is 2. The highest BCUT2D eigenvalue weighted by Gasteiger charge is 2.17. The van der Waals surface area contributed by atoms with Gasteiger partial charge in [-0.15, -0.1) is 11.8 Å². The minimum atomic E-state index is -0.197. The Bertz CT molecular complexity index is 574. The summed E-state index contributed by atoms with van der Waals surface area (Å²) >= 11 is 13.7. The molecule has 1 atom stereocenters. The summed E-state index contributed by atoms with van der Waals surface area (Å²) in [7, 11) is 1.65. The lowest BCUT2D eigenvalue weighted by molar-refractivity contribution is 0.182. The molecule has 1 aromatic carbocycles. The smallest absolute Gasteiger partial charge is 0.0834 e. The van der Waals surface area contributed by atoms with Gasteiger partial charge in [-0.1, -0.05) is 23.2 Å². The molecule has 0 aliphatic heterocycles. The molecule has 1 heterocycles. The van der Waals surface area contributed by atoms with E-state index in [-0.39, 0.29) is 6.04 Å². The van der Waals surface area contributed by atoms with Crippen molar-refractivity contribution in [3.8, 4) is 0 Å². The molecule has 2 rings (SSSR count). The van der Waals surface area contributed by atoms with E-state index in [9.17, 15) is 0 Å². The summed E-state index contributed by atoms with van der Waals surface area (Å²) in [6, 6.07) is 7.49. The summed E-state index contributed by atoms with van der Waals surface area (Å²) in [5.74, 6) is 0.708. The van der Waals surface area contributed by atoms with Crippen molar-refractivity contribution in [1.29, 1.82) is 0 Å². The molecule has 4 nitrogen and oxygen atoms in total. The first kappa shape index (κ1) is 16.6. The number of nitrogens with two attached hydrogens (primary N) is 1. The maximum atomic E-state index is 6.26. The first-order valence-corrected chi connectivity index (χ1v) is 8.20. The van der Waals surface area contributed by atoms with Gasteiger partial charge in [-0.2, -0.15) is 5.10 Å². The van der Waals surface area contributed by atoms with E-state index in [1.54, 1.807) is 29.8 Å². The molecule has 0 aliphatic rings. The number of nitrogens with zero attached hydrogens (tertiary/aromatic N) is 2. The third kappa shape index (κ3) is 4.63. The average molecular weight is 346 g/mol. The first-order valence-electron chi connectivity index (χ1n) is 6.46. The highest BCUT2D eigenvalue weighted by atomic mass is 35.5. The van der Waals surface area contributed by atoms with Gasteiger partial charge in [0.1, 0.15) is 0 Å². The van der Waals surface area contributed by atoms with Crippen molar-refractivity contribution in [3.05, 3.63) is 46.2 Å². The largest absolute Gasteiger partial charge is 0.383 e. The maximum absolute atomic E-state index is 6.26. The predicted octanol–water partition coefficient (Wildman–Crippen LogP) is 3.63. The number of thioether (sulfide) groups is 1. The summed E-state index contributed by atoms with van der Waals surface area (Å²) in [5, 5.41) is 5.56. The van der Waals surface area contributed by atoms with Crippen molar-refractivity contribution in [2.24, 2.45) is 5.73 Å². The Kier molecular flexibility index (Phi) is 6.39. The second-order valence-corrected chi connectivity index (χ2v) is 6.40. The zero-order chi connectivity index (χ0) is 15.2. The summed E-state index contributed by atoms with van der Waals surface area (Å²) in [5.41, 5.74) is 7.10. The second-order valence-electron chi connectivity index (χ2n) is 4.47. The number of hydrogen-bond acceptors (Lipinski definition) is 4. The van der Waals surface area contributed by atoms with Crippen molar-refractivity contribution in [3.63, 3.8) is 0 Å². The third-order valence-corrected chi connectivity index (χ3v) is 4.61. The van der Waals surface area contributed by atoms with E-state index in [0.717, 1.165) is 15.6 Å². The van der Waals surface area contributed by atoms with E-state index in [1.807, 2.05) is 24.3 Å². The lowest BCUT2D eigenvalue weighted by atomic mass is 10.2. The first-order chi connectivity index (χ1) is 10.1. The third-order valence-electron chi connectivity index (χ3n) is 2.93. The van der Waals surface area contributed by atoms with Gasteiger partial charge in [0.05, 0.1) is 36.1 Å². The highest BCUT2D eigenvalue weighted by molar-refractivity contribution is 7.99. The molecule has 21 heavy (non-hydrogen) atoms. The maximum Gasteiger partial charge on any atom is 0.0834 e. The fraction of sp³-hybridized carbons (Fsp3) is 0.357. The molecule has 0 spiro atoms. The Morgan fingerprint density at radius 3 is 2.71 bits per heavy atom. The fourth-order valence-electron chi connectivity index (χ4n) is 1.89. The topological polar surface area (TPSA) is 53.1 Å². The zero-order valence-electron chi connectivity index (χ0n) is 11.6. The van der Waals surface area contributed by atoms with E-state index in [4.69, 9.17) is 33.7 Å². The molecule has 1 aromatic heterocycles. The van der Waals surface area contributed by atoms with E-state index < -0.39 is 0 Å². The van der Waals surface area contributed by atoms with Crippen LogP contribution in [0.15, 0.2) is 35.4 Å². The Balaban J connectivity index is 2.01. The van der Waals surface area contributed by atoms with Gasteiger partial charge < -0.3 is 10.5 Å². The van der Waals surface area contributed by atoms with Gasteiger partial charge in [0.15, 0.2) is 0 Å². The van der Waals surface area contributed by atoms with E-state index >= 15 is 0 Å². The number of ether oxygens (including phenoxy) is 1. The van der Waals surface area contributed by atoms with Crippen molar-refractivity contribution in [2.45, 2.75) is 17.5 Å². The summed E-state index contributed by atoms with van der Waals surface area (Å²) in [4.78, 5) is 1.12. The molecular formula is C14H17Cl2N3OS. The Hall–Kier alpha value is -0.720. The summed E-state index contributed by atoms with van der Waals surface area (Å²) in [6.45, 7) is 1.21. The number of rotatable bonds is 7. The predicted molar refractivity (Wildman–Crippen MR) is 88.2 cm³/mol. The van der Waals surface area contributed by atoms with Crippen LogP contribution in [-0.2, 0) is 11.3 Å². The standard InChI is InChI=1S/C14H17Cl2N3OS/c1-20-7-6-19-14(12(16)8-18-19)13(17)9-21-11-4-2-10(15)3-5-11/h2-5,8,13H,6-7,9,17H2,1H3. The van der Waals surface area contributed by atoms with Gasteiger partial charge in [0.25, 0.3) is 0 Å². The van der Waals surface area contributed by atoms with E-state index in [1.165, 1.54) is 0 Å². The van der Waals surface area contributed by atoms with Crippen LogP contribution in [-0.4, -0.2) is 29.3 Å². The van der Waals surface area contributed by atoms with Gasteiger partial charge >= 0.3 is 0 Å². The molecule has 0 saturated carbocycles. The zero-order valence-corrected chi connectivity index (χ0v) is 14.0. The fourth-order valence-corrected chi connectivity index (χ4v) is 3.16. The second kappa shape index (κ2) is 8.06. The van der Waals surface area contributed by atoms with Crippen molar-refractivity contribution in [1.82, 2.24) is 9.78 Å². The quantitative estimate of drug-likeness (QED) is 0.778. The lowest BCUT2D eigenvalue weighted by Gasteiger charge is -2.14. The molecule has 2 aromatic rings. The number of methoxy groups -OCH3 is 1. The SMILES string of the molecule is COCCn1ncc(Cl)c1C(N)CSc1ccc(Cl)cc1. The number of benzene rings is 1. The Morgan fingerprint density at radius 1 is 1.33 bits per heavy atom. The minimum absolute atomic E-state index is 0.197. The average Bonchev–Trinajstić information content (AvgIpc) is 2.85. The molecular weight excluding hydrogens is 329 g/mol. The van der Waals surface area contributed by atoms with Crippen LogP contribution in [0.3, 0.4) is 0 Å². The molecule has 0 saturated heterocycles. The van der Waals surface area contributed by atoms with Gasteiger partial charge in [-0.25, -0.2) is 0 Å². The van der Waals surface area contributed by atoms with Crippen LogP contribution >= 0.6 is 35.0 Å². The van der Waals surface area contributed by atoms with Crippen LogP contribution in [0.5, 0.6) is 0 Å². The van der Waals surface area contributed by atoms with E-state index in [0.29, 0.717) is 23.9 Å². The van der Waals surface area contributed by atoms with Crippen LogP contribution in [0.2, 0.25) is 10.0 Å². The van der Waals surface area contributed by atoms with Crippen molar-refractivity contribution in [2.75, 3.05) is 19.5 Å². The molecule has 0 aliphatic carbocycles. The summed E-state index contributed by atoms with van der Waals surface area (Å²) in [6.07, 6.45) is 1.62. The normalized spacial score (nSPS) is 12.6. The van der Waals surface area contributed by atoms with Crippen LogP contribution in [0, 0.1) is 0 Å². The molecule has 7 heteroatoms. The van der Waals surface area contributed by atoms with Crippen molar-refractivity contribution < 1.29 is 4.74 Å². The van der Waals surface area contributed by atoms with E-state index in [2.05, 4.69) is 5.10 Å². The van der Waals surface area contributed by atoms with Crippen molar-refractivity contribution >= 4 is 35.0 Å². The summed E-state index contributed by atoms with van der Waals surface area (Å²) < 4.78 is 6.87. The van der Waals surface area contributed by atoms with Crippen LogP contribution in [0.4, 0.5) is 0 Å². The number of halogens is 2. The lowest BCUT2D eigenvalue weighted by Crippen LogP contribution is -2.20.